The number of aldehydes is 1. The van der Waals surface area contributed by atoms with Crippen molar-refractivity contribution in [3.05, 3.63) is 23.9 Å². The Morgan fingerprint density at radius 3 is 2.71 bits per heavy atom. The van der Waals surface area contributed by atoms with Crippen LogP contribution in [0.15, 0.2) is 18.3 Å². The summed E-state index contributed by atoms with van der Waals surface area (Å²) in [6.45, 7) is 5.50. The number of aromatic nitrogens is 1. The smallest absolute Gasteiger partial charge is 0.151 e. The molecule has 1 aromatic heterocycles. The minimum Gasteiger partial charge on any atom is -0.353 e. The monoisotopic (exact) mass is 190 g/mol. The Morgan fingerprint density at radius 1 is 1.50 bits per heavy atom. The van der Waals surface area contributed by atoms with E-state index < -0.39 is 0 Å². The SMILES string of the molecule is CC1CN(c2ccc(C=O)cn2)C1C. The lowest BCUT2D eigenvalue weighted by molar-refractivity contribution is 0.112. The highest BCUT2D eigenvalue weighted by Crippen LogP contribution is 2.28. The van der Waals surface area contributed by atoms with Crippen molar-refractivity contribution in [3.63, 3.8) is 0 Å². The van der Waals surface area contributed by atoms with Crippen molar-refractivity contribution >= 4 is 12.1 Å². The highest BCUT2D eigenvalue weighted by atomic mass is 16.1. The van der Waals surface area contributed by atoms with E-state index >= 15 is 0 Å². The van der Waals surface area contributed by atoms with E-state index in [4.69, 9.17) is 0 Å². The molecular formula is C11H14N2O. The van der Waals surface area contributed by atoms with Crippen LogP contribution in [0.2, 0.25) is 0 Å². The van der Waals surface area contributed by atoms with Crippen molar-refractivity contribution < 1.29 is 4.79 Å². The van der Waals surface area contributed by atoms with Gasteiger partial charge in [0.25, 0.3) is 0 Å². The molecule has 2 atom stereocenters. The Hall–Kier alpha value is -1.38. The van der Waals surface area contributed by atoms with Gasteiger partial charge in [0.2, 0.25) is 0 Å². The van der Waals surface area contributed by atoms with Crippen LogP contribution in [-0.2, 0) is 0 Å². The first-order chi connectivity index (χ1) is 6.72. The van der Waals surface area contributed by atoms with Crippen molar-refractivity contribution in [2.75, 3.05) is 11.4 Å². The van der Waals surface area contributed by atoms with Crippen LogP contribution in [0.4, 0.5) is 5.82 Å². The van der Waals surface area contributed by atoms with Crippen molar-refractivity contribution in [1.29, 1.82) is 0 Å². The van der Waals surface area contributed by atoms with Crippen LogP contribution in [-0.4, -0.2) is 23.9 Å². The molecule has 74 valence electrons. The summed E-state index contributed by atoms with van der Waals surface area (Å²) in [7, 11) is 0. The third kappa shape index (κ3) is 1.39. The van der Waals surface area contributed by atoms with Gasteiger partial charge in [0.15, 0.2) is 6.29 Å². The van der Waals surface area contributed by atoms with E-state index in [-0.39, 0.29) is 0 Å². The minimum absolute atomic E-state index is 0.560. The van der Waals surface area contributed by atoms with E-state index in [0.29, 0.717) is 11.6 Å². The summed E-state index contributed by atoms with van der Waals surface area (Å²) in [6.07, 6.45) is 2.44. The summed E-state index contributed by atoms with van der Waals surface area (Å²) in [5.74, 6) is 1.71. The van der Waals surface area contributed by atoms with Gasteiger partial charge in [0.1, 0.15) is 5.82 Å². The molecule has 1 aliphatic heterocycles. The molecule has 1 aliphatic rings. The molecule has 0 aromatic carbocycles. The first-order valence-electron chi connectivity index (χ1n) is 4.90. The predicted octanol–water partition coefficient (Wildman–Crippen LogP) is 1.74. The molecule has 0 aliphatic carbocycles. The van der Waals surface area contributed by atoms with E-state index in [2.05, 4.69) is 23.7 Å². The number of rotatable bonds is 2. The highest BCUT2D eigenvalue weighted by molar-refractivity contribution is 5.74. The highest BCUT2D eigenvalue weighted by Gasteiger charge is 2.32. The van der Waals surface area contributed by atoms with Crippen molar-refractivity contribution in [3.8, 4) is 0 Å². The Kier molecular flexibility index (Phi) is 2.23. The van der Waals surface area contributed by atoms with Gasteiger partial charge in [-0.3, -0.25) is 4.79 Å². The van der Waals surface area contributed by atoms with Crippen molar-refractivity contribution in [1.82, 2.24) is 4.98 Å². The Bertz CT molecular complexity index is 334. The summed E-state index contributed by atoms with van der Waals surface area (Å²) < 4.78 is 0. The first kappa shape index (κ1) is 9.19. The first-order valence-corrected chi connectivity index (χ1v) is 4.90. The molecule has 0 N–H and O–H groups in total. The predicted molar refractivity (Wildman–Crippen MR) is 55.6 cm³/mol. The second kappa shape index (κ2) is 3.40. The molecule has 0 spiro atoms. The summed E-state index contributed by atoms with van der Waals surface area (Å²) in [5.41, 5.74) is 0.634. The van der Waals surface area contributed by atoms with Crippen LogP contribution in [0.5, 0.6) is 0 Å². The van der Waals surface area contributed by atoms with Crippen molar-refractivity contribution in [2.24, 2.45) is 5.92 Å². The normalized spacial score (nSPS) is 25.7. The van der Waals surface area contributed by atoms with Gasteiger partial charge < -0.3 is 4.90 Å². The number of hydrogen-bond acceptors (Lipinski definition) is 3. The second-order valence-corrected chi connectivity index (χ2v) is 3.94. The minimum atomic E-state index is 0.560. The number of pyridine rings is 1. The van der Waals surface area contributed by atoms with Gasteiger partial charge in [-0.15, -0.1) is 0 Å². The topological polar surface area (TPSA) is 33.2 Å². The molecule has 2 rings (SSSR count). The number of carbonyl (C=O) groups excluding carboxylic acids is 1. The summed E-state index contributed by atoms with van der Waals surface area (Å²) in [6, 6.07) is 4.28. The molecule has 1 fully saturated rings. The Balaban J connectivity index is 2.14. The average molecular weight is 190 g/mol. The third-order valence-corrected chi connectivity index (χ3v) is 3.00. The van der Waals surface area contributed by atoms with Crippen molar-refractivity contribution in [2.45, 2.75) is 19.9 Å². The molecule has 0 saturated carbocycles. The maximum Gasteiger partial charge on any atom is 0.151 e. The Morgan fingerprint density at radius 2 is 2.29 bits per heavy atom. The summed E-state index contributed by atoms with van der Waals surface area (Å²) in [4.78, 5) is 16.9. The quantitative estimate of drug-likeness (QED) is 0.666. The van der Waals surface area contributed by atoms with E-state index in [9.17, 15) is 4.79 Å². The lowest BCUT2D eigenvalue weighted by Gasteiger charge is -2.45. The number of nitrogens with zero attached hydrogens (tertiary/aromatic N) is 2. The zero-order valence-electron chi connectivity index (χ0n) is 8.47. The molecular weight excluding hydrogens is 176 g/mol. The van der Waals surface area contributed by atoms with Crippen LogP contribution < -0.4 is 4.90 Å². The number of carbonyl (C=O) groups is 1. The fourth-order valence-electron chi connectivity index (χ4n) is 1.74. The van der Waals surface area contributed by atoms with Gasteiger partial charge in [-0.1, -0.05) is 6.92 Å². The molecule has 2 heterocycles. The van der Waals surface area contributed by atoms with Gasteiger partial charge >= 0.3 is 0 Å². The molecule has 3 heteroatoms. The van der Waals surface area contributed by atoms with E-state index in [1.807, 2.05) is 12.1 Å². The summed E-state index contributed by atoms with van der Waals surface area (Å²) in [5, 5.41) is 0. The summed E-state index contributed by atoms with van der Waals surface area (Å²) >= 11 is 0. The maximum atomic E-state index is 10.4. The lowest BCUT2D eigenvalue weighted by atomic mass is 9.92. The fraction of sp³-hybridized carbons (Fsp3) is 0.455. The average Bonchev–Trinajstić information content (AvgIpc) is 2.25. The van der Waals surface area contributed by atoms with Crippen LogP contribution in [0.25, 0.3) is 0 Å². The largest absolute Gasteiger partial charge is 0.353 e. The van der Waals surface area contributed by atoms with Crippen LogP contribution in [0.3, 0.4) is 0 Å². The molecule has 0 amide bonds. The zero-order valence-corrected chi connectivity index (χ0v) is 8.47. The third-order valence-electron chi connectivity index (χ3n) is 3.00. The molecule has 1 aromatic rings. The molecule has 1 saturated heterocycles. The van der Waals surface area contributed by atoms with E-state index in [1.54, 1.807) is 6.20 Å². The van der Waals surface area contributed by atoms with Gasteiger partial charge in [-0.25, -0.2) is 4.98 Å². The fourth-order valence-corrected chi connectivity index (χ4v) is 1.74. The van der Waals surface area contributed by atoms with Crippen LogP contribution >= 0.6 is 0 Å². The second-order valence-electron chi connectivity index (χ2n) is 3.94. The van der Waals surface area contributed by atoms with Crippen LogP contribution in [0, 0.1) is 5.92 Å². The van der Waals surface area contributed by atoms with E-state index in [1.165, 1.54) is 0 Å². The van der Waals surface area contributed by atoms with Crippen LogP contribution in [0.1, 0.15) is 24.2 Å². The molecule has 2 unspecified atom stereocenters. The van der Waals surface area contributed by atoms with Gasteiger partial charge in [-0.2, -0.15) is 0 Å². The number of anilines is 1. The van der Waals surface area contributed by atoms with Gasteiger partial charge in [0, 0.05) is 24.3 Å². The number of hydrogen-bond donors (Lipinski definition) is 0. The molecule has 3 nitrogen and oxygen atoms in total. The molecule has 0 bridgehead atoms. The van der Waals surface area contributed by atoms with Gasteiger partial charge in [0.05, 0.1) is 0 Å². The maximum absolute atomic E-state index is 10.4. The van der Waals surface area contributed by atoms with Gasteiger partial charge in [-0.05, 0) is 25.0 Å². The molecule has 0 radical (unpaired) electrons. The standard InChI is InChI=1S/C11H14N2O/c1-8-6-13(9(8)2)11-4-3-10(7-14)5-12-11/h3-5,7-9H,6H2,1-2H3. The zero-order chi connectivity index (χ0) is 10.1. The van der Waals surface area contributed by atoms with E-state index in [0.717, 1.165) is 24.6 Å². The lowest BCUT2D eigenvalue weighted by Crippen LogP contribution is -2.53. The Labute approximate surface area is 83.8 Å². The molecule has 14 heavy (non-hydrogen) atoms.